The van der Waals surface area contributed by atoms with Crippen LogP contribution in [0.5, 0.6) is 11.5 Å². The van der Waals surface area contributed by atoms with Crippen molar-refractivity contribution in [1.29, 1.82) is 0 Å². The maximum Gasteiger partial charge on any atom is 0.206 e. The first-order valence-corrected chi connectivity index (χ1v) is 9.94. The third-order valence-corrected chi connectivity index (χ3v) is 5.59. The Bertz CT molecular complexity index is 1060. The molecule has 1 heterocycles. The maximum absolute atomic E-state index is 12.6. The van der Waals surface area contributed by atoms with E-state index in [0.29, 0.717) is 38.6 Å². The van der Waals surface area contributed by atoms with Gasteiger partial charge in [-0.3, -0.25) is 4.79 Å². The molecule has 2 aromatic carbocycles. The summed E-state index contributed by atoms with van der Waals surface area (Å²) in [5.74, 6) is 2.61. The lowest BCUT2D eigenvalue weighted by atomic mass is 10.1. The summed E-state index contributed by atoms with van der Waals surface area (Å²) in [6.07, 6.45) is 6.16. The molecule has 0 unspecified atom stereocenters. The van der Waals surface area contributed by atoms with Gasteiger partial charge in [0.1, 0.15) is 14.9 Å². The minimum atomic E-state index is -0.0204. The molecule has 0 atom stereocenters. The maximum atomic E-state index is 12.6. The number of para-hydroxylation sites is 2. The highest BCUT2D eigenvalue weighted by molar-refractivity contribution is 14.1. The van der Waals surface area contributed by atoms with E-state index < -0.39 is 0 Å². The number of hydrogen-bond donors (Lipinski definition) is 0. The van der Waals surface area contributed by atoms with Crippen molar-refractivity contribution >= 4 is 45.7 Å². The van der Waals surface area contributed by atoms with Gasteiger partial charge in [-0.15, -0.1) is 0 Å². The predicted molar refractivity (Wildman–Crippen MR) is 115 cm³/mol. The van der Waals surface area contributed by atoms with Crippen LogP contribution in [0.25, 0.3) is 23.1 Å². The van der Waals surface area contributed by atoms with E-state index in [0.717, 1.165) is 11.3 Å². The Hall–Kier alpha value is -2.28. The van der Waals surface area contributed by atoms with Crippen LogP contribution in [0.3, 0.4) is 0 Å². The molecule has 4 nitrogen and oxygen atoms in total. The molecule has 0 spiro atoms. The van der Waals surface area contributed by atoms with Gasteiger partial charge in [0.05, 0.1) is 19.1 Å². The topological polar surface area (TPSA) is 48.7 Å². The van der Waals surface area contributed by atoms with Crippen LogP contribution in [-0.2, 0) is 0 Å². The molecule has 4 rings (SSSR count). The Balaban J connectivity index is 1.71. The van der Waals surface area contributed by atoms with E-state index in [9.17, 15) is 4.79 Å². The molecule has 5 heteroatoms. The fourth-order valence-electron chi connectivity index (χ4n) is 2.87. The standard InChI is InChI=1S/C22H19IO4/c1-25-19-8-4-5-15(22(19)26-13-14-9-10-14)11-12-18-20(23)21(24)16-6-2-3-7-17(16)27-18/h2-8,11-12,14H,9-10,13H2,1H3. The summed E-state index contributed by atoms with van der Waals surface area (Å²) in [6.45, 7) is 0.698. The van der Waals surface area contributed by atoms with Gasteiger partial charge in [0.25, 0.3) is 0 Å². The number of halogens is 1. The van der Waals surface area contributed by atoms with E-state index in [4.69, 9.17) is 13.9 Å². The highest BCUT2D eigenvalue weighted by Crippen LogP contribution is 2.36. The van der Waals surface area contributed by atoms with Crippen molar-refractivity contribution in [3.63, 3.8) is 0 Å². The second-order valence-corrected chi connectivity index (χ2v) is 7.65. The Kier molecular flexibility index (Phi) is 5.20. The summed E-state index contributed by atoms with van der Waals surface area (Å²) in [7, 11) is 1.64. The monoisotopic (exact) mass is 474 g/mol. The Morgan fingerprint density at radius 3 is 2.74 bits per heavy atom. The summed E-state index contributed by atoms with van der Waals surface area (Å²) < 4.78 is 18.0. The van der Waals surface area contributed by atoms with E-state index in [-0.39, 0.29) is 5.43 Å². The van der Waals surface area contributed by atoms with E-state index in [1.165, 1.54) is 12.8 Å². The second kappa shape index (κ2) is 7.76. The normalized spacial score (nSPS) is 14.0. The zero-order chi connectivity index (χ0) is 18.8. The molecule has 1 aliphatic carbocycles. The van der Waals surface area contributed by atoms with Gasteiger partial charge in [-0.05, 0) is 71.7 Å². The smallest absolute Gasteiger partial charge is 0.206 e. The average molecular weight is 474 g/mol. The highest BCUT2D eigenvalue weighted by atomic mass is 127. The number of rotatable bonds is 6. The van der Waals surface area contributed by atoms with Gasteiger partial charge >= 0.3 is 0 Å². The molecule has 0 aliphatic heterocycles. The van der Waals surface area contributed by atoms with E-state index >= 15 is 0 Å². The minimum absolute atomic E-state index is 0.0204. The van der Waals surface area contributed by atoms with Crippen LogP contribution >= 0.6 is 22.6 Å². The minimum Gasteiger partial charge on any atom is -0.493 e. The molecule has 138 valence electrons. The summed E-state index contributed by atoms with van der Waals surface area (Å²) in [6, 6.07) is 13.1. The molecular weight excluding hydrogens is 455 g/mol. The van der Waals surface area contributed by atoms with E-state index in [1.54, 1.807) is 19.2 Å². The predicted octanol–water partition coefficient (Wildman–Crippen LogP) is 5.37. The number of hydrogen-bond acceptors (Lipinski definition) is 4. The van der Waals surface area contributed by atoms with Crippen LogP contribution in [0.4, 0.5) is 0 Å². The molecule has 0 amide bonds. The number of methoxy groups -OCH3 is 1. The van der Waals surface area contributed by atoms with Crippen molar-refractivity contribution in [3.8, 4) is 11.5 Å². The van der Waals surface area contributed by atoms with E-state index in [1.807, 2.05) is 65.1 Å². The Morgan fingerprint density at radius 1 is 1.15 bits per heavy atom. The molecule has 3 aromatic rings. The van der Waals surface area contributed by atoms with Gasteiger partial charge in [-0.1, -0.05) is 24.3 Å². The van der Waals surface area contributed by atoms with Crippen LogP contribution in [0.1, 0.15) is 24.2 Å². The molecule has 0 radical (unpaired) electrons. The van der Waals surface area contributed by atoms with Crippen LogP contribution in [0.15, 0.2) is 51.7 Å². The molecule has 1 fully saturated rings. The second-order valence-electron chi connectivity index (χ2n) is 6.57. The van der Waals surface area contributed by atoms with E-state index in [2.05, 4.69) is 0 Å². The lowest BCUT2D eigenvalue weighted by Gasteiger charge is -2.13. The summed E-state index contributed by atoms with van der Waals surface area (Å²) in [5, 5.41) is 0.592. The fraction of sp³-hybridized carbons (Fsp3) is 0.227. The van der Waals surface area contributed by atoms with Gasteiger partial charge < -0.3 is 13.9 Å². The summed E-state index contributed by atoms with van der Waals surface area (Å²) in [4.78, 5) is 12.6. The first-order chi connectivity index (χ1) is 13.2. The van der Waals surface area contributed by atoms with Gasteiger partial charge in [0.15, 0.2) is 11.5 Å². The molecule has 1 aliphatic rings. The number of benzene rings is 2. The number of fused-ring (bicyclic) bond motifs is 1. The van der Waals surface area contributed by atoms with Gasteiger partial charge in [-0.2, -0.15) is 0 Å². The van der Waals surface area contributed by atoms with Gasteiger partial charge in [0.2, 0.25) is 5.43 Å². The third-order valence-electron chi connectivity index (χ3n) is 4.57. The largest absolute Gasteiger partial charge is 0.493 e. The fourth-order valence-corrected chi connectivity index (χ4v) is 3.45. The Morgan fingerprint density at radius 2 is 1.96 bits per heavy atom. The quantitative estimate of drug-likeness (QED) is 0.451. The van der Waals surface area contributed by atoms with Crippen molar-refractivity contribution in [3.05, 3.63) is 67.6 Å². The van der Waals surface area contributed by atoms with Crippen molar-refractivity contribution < 1.29 is 13.9 Å². The summed E-state index contributed by atoms with van der Waals surface area (Å²) in [5.41, 5.74) is 1.45. The highest BCUT2D eigenvalue weighted by Gasteiger charge is 2.23. The lowest BCUT2D eigenvalue weighted by Crippen LogP contribution is -2.07. The first-order valence-electron chi connectivity index (χ1n) is 8.86. The molecule has 27 heavy (non-hydrogen) atoms. The molecule has 0 bridgehead atoms. The van der Waals surface area contributed by atoms with Gasteiger partial charge in [0, 0.05) is 5.56 Å². The van der Waals surface area contributed by atoms with Gasteiger partial charge in [-0.25, -0.2) is 0 Å². The molecule has 0 saturated heterocycles. The van der Waals surface area contributed by atoms with Crippen LogP contribution < -0.4 is 14.9 Å². The molecule has 0 N–H and O–H groups in total. The average Bonchev–Trinajstić information content (AvgIpc) is 3.52. The van der Waals surface area contributed by atoms with Crippen molar-refractivity contribution in [2.45, 2.75) is 12.8 Å². The van der Waals surface area contributed by atoms with Crippen molar-refractivity contribution in [2.24, 2.45) is 5.92 Å². The van der Waals surface area contributed by atoms with Crippen LogP contribution in [0.2, 0.25) is 0 Å². The zero-order valence-corrected chi connectivity index (χ0v) is 17.1. The van der Waals surface area contributed by atoms with Crippen LogP contribution in [-0.4, -0.2) is 13.7 Å². The molecular formula is C22H19IO4. The van der Waals surface area contributed by atoms with Crippen molar-refractivity contribution in [1.82, 2.24) is 0 Å². The number of ether oxygens (including phenoxy) is 2. The Labute approximate surface area is 170 Å². The zero-order valence-electron chi connectivity index (χ0n) is 14.9. The van der Waals surface area contributed by atoms with Crippen molar-refractivity contribution in [2.75, 3.05) is 13.7 Å². The molecule has 1 aromatic heterocycles. The molecule has 1 saturated carbocycles. The first kappa shape index (κ1) is 18.1. The SMILES string of the molecule is COc1cccc(C=Cc2oc3ccccc3c(=O)c2I)c1OCC1CC1. The third kappa shape index (κ3) is 3.88. The summed E-state index contributed by atoms with van der Waals surface area (Å²) >= 11 is 2.04. The lowest BCUT2D eigenvalue weighted by molar-refractivity contribution is 0.280. The van der Waals surface area contributed by atoms with Crippen LogP contribution in [0, 0.1) is 9.49 Å².